The summed E-state index contributed by atoms with van der Waals surface area (Å²) in [6.45, 7) is 13.4. The summed E-state index contributed by atoms with van der Waals surface area (Å²) in [4.78, 5) is 30.7. The number of carbonyl (C=O) groups is 2. The Bertz CT molecular complexity index is 869. The predicted molar refractivity (Wildman–Crippen MR) is 135 cm³/mol. The Balaban J connectivity index is 2.27. The lowest BCUT2D eigenvalue weighted by Crippen LogP contribution is -2.42. The number of cyclic esters (lactones) is 1. The second kappa shape index (κ2) is 12.1. The van der Waals surface area contributed by atoms with Gasteiger partial charge in [0.1, 0.15) is 11.9 Å². The molecule has 6 heteroatoms. The molecule has 1 aromatic heterocycles. The smallest absolute Gasteiger partial charge is 0.306 e. The minimum Gasteiger partial charge on any atom is -0.457 e. The quantitative estimate of drug-likeness (QED) is 0.410. The average molecular weight is 476 g/mol. The van der Waals surface area contributed by atoms with E-state index in [0.29, 0.717) is 6.42 Å². The molecular formula is C27H41NO4S. The highest BCUT2D eigenvalue weighted by Crippen LogP contribution is 2.36. The summed E-state index contributed by atoms with van der Waals surface area (Å²) in [7, 11) is 0. The molecule has 1 aliphatic heterocycles. The fourth-order valence-electron chi connectivity index (χ4n) is 4.36. The van der Waals surface area contributed by atoms with Crippen molar-refractivity contribution in [3.8, 4) is 0 Å². The lowest BCUT2D eigenvalue weighted by atomic mass is 9.69. The van der Waals surface area contributed by atoms with Crippen molar-refractivity contribution in [3.05, 3.63) is 33.8 Å². The third-order valence-electron chi connectivity index (χ3n) is 7.19. The fraction of sp³-hybridized carbons (Fsp3) is 0.667. The Morgan fingerprint density at radius 3 is 2.58 bits per heavy atom. The molecule has 5 nitrogen and oxygen atoms in total. The zero-order valence-corrected chi connectivity index (χ0v) is 22.1. The molecule has 0 saturated heterocycles. The van der Waals surface area contributed by atoms with E-state index in [1.165, 1.54) is 0 Å². The first kappa shape index (κ1) is 27.5. The highest BCUT2D eigenvalue weighted by Gasteiger charge is 2.40. The molecule has 0 unspecified atom stereocenters. The molecule has 0 amide bonds. The van der Waals surface area contributed by atoms with Crippen LogP contribution in [-0.4, -0.2) is 34.1 Å². The van der Waals surface area contributed by atoms with Crippen LogP contribution in [0.15, 0.2) is 23.1 Å². The monoisotopic (exact) mass is 475 g/mol. The molecule has 0 bridgehead atoms. The topological polar surface area (TPSA) is 76.5 Å². The van der Waals surface area contributed by atoms with Gasteiger partial charge in [0, 0.05) is 29.6 Å². The van der Waals surface area contributed by atoms with E-state index in [9.17, 15) is 14.7 Å². The van der Waals surface area contributed by atoms with Gasteiger partial charge < -0.3 is 9.84 Å². The molecule has 33 heavy (non-hydrogen) atoms. The normalized spacial score (nSPS) is 31.8. The first-order chi connectivity index (χ1) is 15.4. The van der Waals surface area contributed by atoms with E-state index in [2.05, 4.69) is 17.1 Å². The molecule has 2 rings (SSSR count). The van der Waals surface area contributed by atoms with Crippen molar-refractivity contribution < 1.29 is 19.4 Å². The minimum absolute atomic E-state index is 0.000619. The van der Waals surface area contributed by atoms with Gasteiger partial charge >= 0.3 is 5.97 Å². The maximum absolute atomic E-state index is 13.3. The van der Waals surface area contributed by atoms with Gasteiger partial charge in [-0.1, -0.05) is 46.8 Å². The van der Waals surface area contributed by atoms with Crippen molar-refractivity contribution in [2.45, 2.75) is 92.8 Å². The first-order valence-corrected chi connectivity index (χ1v) is 13.0. The van der Waals surface area contributed by atoms with Crippen LogP contribution in [0.4, 0.5) is 0 Å². The zero-order valence-electron chi connectivity index (χ0n) is 21.3. The second-order valence-corrected chi connectivity index (χ2v) is 11.3. The fourth-order valence-corrected chi connectivity index (χ4v) is 4.93. The number of rotatable bonds is 2. The Hall–Kier alpha value is -1.79. The first-order valence-electron chi connectivity index (χ1n) is 12.1. The highest BCUT2D eigenvalue weighted by atomic mass is 32.1. The van der Waals surface area contributed by atoms with Crippen LogP contribution in [0.3, 0.4) is 0 Å². The summed E-state index contributed by atoms with van der Waals surface area (Å²) in [6, 6.07) is 0. The van der Waals surface area contributed by atoms with Gasteiger partial charge in [-0.3, -0.25) is 9.59 Å². The Labute approximate surface area is 203 Å². The molecule has 5 atom stereocenters. The third-order valence-corrected chi connectivity index (χ3v) is 7.98. The summed E-state index contributed by atoms with van der Waals surface area (Å²) in [5, 5.41) is 13.8. The number of esters is 1. The summed E-state index contributed by atoms with van der Waals surface area (Å²) in [5.41, 5.74) is 1.09. The van der Waals surface area contributed by atoms with Crippen LogP contribution < -0.4 is 0 Å². The third kappa shape index (κ3) is 7.61. The number of Topliss-reactive ketones (excluding diaryl/α,β-unsaturated/α-hetero) is 1. The van der Waals surface area contributed by atoms with Crippen molar-refractivity contribution in [1.82, 2.24) is 4.98 Å². The van der Waals surface area contributed by atoms with Gasteiger partial charge in [0.15, 0.2) is 0 Å². The Morgan fingerprint density at radius 1 is 1.24 bits per heavy atom. The van der Waals surface area contributed by atoms with Gasteiger partial charge in [0.25, 0.3) is 0 Å². The average Bonchev–Trinajstić information content (AvgIpc) is 3.16. The van der Waals surface area contributed by atoms with Crippen molar-refractivity contribution in [1.29, 1.82) is 0 Å². The van der Waals surface area contributed by atoms with Gasteiger partial charge in [-0.25, -0.2) is 4.98 Å². The van der Waals surface area contributed by atoms with E-state index in [-0.39, 0.29) is 36.1 Å². The lowest BCUT2D eigenvalue weighted by Gasteiger charge is -2.35. The minimum atomic E-state index is -0.741. The zero-order chi connectivity index (χ0) is 24.8. The van der Waals surface area contributed by atoms with Crippen LogP contribution in [0.25, 0.3) is 6.08 Å². The van der Waals surface area contributed by atoms with Crippen molar-refractivity contribution in [3.63, 3.8) is 0 Å². The van der Waals surface area contributed by atoms with Gasteiger partial charge in [-0.05, 0) is 56.6 Å². The number of ether oxygens (including phenoxy) is 1. The van der Waals surface area contributed by atoms with Crippen LogP contribution >= 0.6 is 11.3 Å². The number of aromatic nitrogens is 1. The van der Waals surface area contributed by atoms with Crippen molar-refractivity contribution in [2.75, 3.05) is 0 Å². The van der Waals surface area contributed by atoms with E-state index in [4.69, 9.17) is 4.74 Å². The van der Waals surface area contributed by atoms with Crippen LogP contribution in [-0.2, 0) is 14.3 Å². The molecule has 184 valence electrons. The van der Waals surface area contributed by atoms with Gasteiger partial charge in [-0.15, -0.1) is 11.3 Å². The van der Waals surface area contributed by atoms with Crippen LogP contribution in [0, 0.1) is 30.1 Å². The van der Waals surface area contributed by atoms with E-state index in [1.807, 2.05) is 59.9 Å². The van der Waals surface area contributed by atoms with E-state index < -0.39 is 17.4 Å². The number of carbonyl (C=O) groups excluding carboxylic acids is 2. The molecule has 0 aromatic carbocycles. The van der Waals surface area contributed by atoms with Gasteiger partial charge in [0.2, 0.25) is 0 Å². The standard InChI is InChI=1S/C27H41NO4S/c1-17-12-10-8-9-11-13-23(18(2)14-22-16-33-21(5)28-22)32-24(29)15-19(3)27(6,7)26(31)20(4)25(17)30/h9,11,14,16-17,19-20,23,25,30H,8,10,12-13,15H2,1-7H3/b11-9-,18-14+/t17-,19-,20+,23-,25-/m0/s1. The van der Waals surface area contributed by atoms with Gasteiger partial charge in [0.05, 0.1) is 16.8 Å². The van der Waals surface area contributed by atoms with E-state index in [0.717, 1.165) is 35.5 Å². The molecular weight excluding hydrogens is 434 g/mol. The lowest BCUT2D eigenvalue weighted by molar-refractivity contribution is -0.150. The van der Waals surface area contributed by atoms with Gasteiger partial charge in [-0.2, -0.15) is 0 Å². The number of aliphatic hydroxyl groups is 1. The number of hydrogen-bond acceptors (Lipinski definition) is 6. The largest absolute Gasteiger partial charge is 0.457 e. The van der Waals surface area contributed by atoms with Crippen LogP contribution in [0.1, 0.15) is 84.3 Å². The second-order valence-electron chi connectivity index (χ2n) is 10.2. The predicted octanol–water partition coefficient (Wildman–Crippen LogP) is 6.15. The maximum atomic E-state index is 13.3. The summed E-state index contributed by atoms with van der Waals surface area (Å²) >= 11 is 1.59. The Kier molecular flexibility index (Phi) is 10.0. The molecule has 0 spiro atoms. The van der Waals surface area contributed by atoms with Crippen molar-refractivity contribution >= 4 is 29.2 Å². The SMILES string of the molecule is C/C(=C\c1csc(C)n1)[C@@H]1C/C=C\CCC[C@H](C)[C@H](O)[C@@H](C)C(=O)C(C)(C)[C@@H](C)CC(=O)O1. The summed E-state index contributed by atoms with van der Waals surface area (Å²) in [6.07, 6.45) is 8.57. The number of aryl methyl sites for hydroxylation is 1. The molecule has 0 fully saturated rings. The van der Waals surface area contributed by atoms with Crippen LogP contribution in [0.2, 0.25) is 0 Å². The number of nitrogens with zero attached hydrogens (tertiary/aromatic N) is 1. The van der Waals surface area contributed by atoms with Crippen molar-refractivity contribution in [2.24, 2.45) is 23.2 Å². The highest BCUT2D eigenvalue weighted by molar-refractivity contribution is 7.09. The molecule has 1 aromatic rings. The summed E-state index contributed by atoms with van der Waals surface area (Å²) in [5.74, 6) is -0.951. The summed E-state index contributed by atoms with van der Waals surface area (Å²) < 4.78 is 5.91. The number of allylic oxidation sites excluding steroid dienone is 1. The maximum Gasteiger partial charge on any atom is 0.306 e. The number of aliphatic hydroxyl groups excluding tert-OH is 1. The molecule has 0 saturated carbocycles. The van der Waals surface area contributed by atoms with E-state index >= 15 is 0 Å². The molecule has 0 radical (unpaired) electrons. The molecule has 1 aliphatic rings. The molecule has 1 N–H and O–H groups in total. The number of ketones is 1. The Morgan fingerprint density at radius 2 is 1.94 bits per heavy atom. The van der Waals surface area contributed by atoms with Crippen LogP contribution in [0.5, 0.6) is 0 Å². The van der Waals surface area contributed by atoms with E-state index in [1.54, 1.807) is 11.3 Å². The molecule has 0 aliphatic carbocycles. The molecule has 2 heterocycles. The number of thiazole rings is 1. The number of hydrogen-bond donors (Lipinski definition) is 1.